The summed E-state index contributed by atoms with van der Waals surface area (Å²) >= 11 is 0. The zero-order valence-corrected chi connectivity index (χ0v) is 10.0. The monoisotopic (exact) mass is 236 g/mol. The van der Waals surface area contributed by atoms with Crippen LogP contribution in [0.1, 0.15) is 36.5 Å². The summed E-state index contributed by atoms with van der Waals surface area (Å²) in [4.78, 5) is 17.5. The maximum atomic E-state index is 13.5. The first kappa shape index (κ1) is 12.0. The third-order valence-corrected chi connectivity index (χ3v) is 3.31. The predicted octanol–water partition coefficient (Wildman–Crippen LogP) is 2.48. The van der Waals surface area contributed by atoms with E-state index in [4.69, 9.17) is 0 Å². The summed E-state index contributed by atoms with van der Waals surface area (Å²) in [7, 11) is 0. The quantitative estimate of drug-likeness (QED) is 0.750. The first-order chi connectivity index (χ1) is 8.18. The lowest BCUT2D eigenvalue weighted by Crippen LogP contribution is -2.32. The highest BCUT2D eigenvalue weighted by molar-refractivity contribution is 5.94. The van der Waals surface area contributed by atoms with Crippen LogP contribution in [0.3, 0.4) is 0 Å². The third-order valence-electron chi connectivity index (χ3n) is 3.31. The molecule has 1 fully saturated rings. The van der Waals surface area contributed by atoms with E-state index >= 15 is 0 Å². The number of carbonyl (C=O) groups is 1. The first-order valence-corrected chi connectivity index (χ1v) is 6.07. The van der Waals surface area contributed by atoms with Gasteiger partial charge in [-0.1, -0.05) is 6.92 Å². The van der Waals surface area contributed by atoms with E-state index in [2.05, 4.69) is 11.9 Å². The second kappa shape index (κ2) is 5.25. The molecule has 1 amide bonds. The second-order valence-corrected chi connectivity index (χ2v) is 4.68. The standard InChI is InChI=1S/C13H17FN2O/c1-10-3-2-7-16(8-5-10)13(17)11-4-6-15-9-12(11)14/h4,6,9-10H,2-3,5,7-8H2,1H3. The Morgan fingerprint density at radius 1 is 1.47 bits per heavy atom. The van der Waals surface area contributed by atoms with Crippen LogP contribution in [0, 0.1) is 11.7 Å². The summed E-state index contributed by atoms with van der Waals surface area (Å²) in [5, 5.41) is 0. The van der Waals surface area contributed by atoms with Crippen LogP contribution in [0.5, 0.6) is 0 Å². The Bertz CT molecular complexity index is 408. The average Bonchev–Trinajstić information content (AvgIpc) is 2.54. The molecule has 0 saturated carbocycles. The molecule has 1 atom stereocenters. The number of carbonyl (C=O) groups excluding carboxylic acids is 1. The van der Waals surface area contributed by atoms with E-state index in [9.17, 15) is 9.18 Å². The van der Waals surface area contributed by atoms with Gasteiger partial charge in [-0.15, -0.1) is 0 Å². The van der Waals surface area contributed by atoms with Gasteiger partial charge in [0.25, 0.3) is 5.91 Å². The van der Waals surface area contributed by atoms with Gasteiger partial charge in [0.05, 0.1) is 11.8 Å². The lowest BCUT2D eigenvalue weighted by molar-refractivity contribution is 0.0755. The van der Waals surface area contributed by atoms with Gasteiger partial charge in [-0.25, -0.2) is 4.39 Å². The highest BCUT2D eigenvalue weighted by atomic mass is 19.1. The smallest absolute Gasteiger partial charge is 0.256 e. The number of pyridine rings is 1. The molecule has 0 aliphatic carbocycles. The fourth-order valence-electron chi connectivity index (χ4n) is 2.19. The molecule has 0 aromatic carbocycles. The summed E-state index contributed by atoms with van der Waals surface area (Å²) in [6.45, 7) is 3.65. The molecular weight excluding hydrogens is 219 g/mol. The minimum Gasteiger partial charge on any atom is -0.339 e. The van der Waals surface area contributed by atoms with E-state index < -0.39 is 5.82 Å². The van der Waals surface area contributed by atoms with Crippen molar-refractivity contribution in [3.8, 4) is 0 Å². The second-order valence-electron chi connectivity index (χ2n) is 4.68. The van der Waals surface area contributed by atoms with Crippen molar-refractivity contribution < 1.29 is 9.18 Å². The van der Waals surface area contributed by atoms with Crippen LogP contribution in [-0.4, -0.2) is 28.9 Å². The molecule has 1 unspecified atom stereocenters. The Hall–Kier alpha value is -1.45. The SMILES string of the molecule is CC1CCCN(C(=O)c2ccncc2F)CC1. The molecule has 1 aliphatic heterocycles. The summed E-state index contributed by atoms with van der Waals surface area (Å²) in [6.07, 6.45) is 5.69. The molecule has 0 radical (unpaired) electrons. The molecule has 1 aromatic heterocycles. The van der Waals surface area contributed by atoms with E-state index in [1.165, 1.54) is 12.3 Å². The number of halogens is 1. The van der Waals surface area contributed by atoms with Crippen LogP contribution < -0.4 is 0 Å². The van der Waals surface area contributed by atoms with Crippen LogP contribution in [0.4, 0.5) is 4.39 Å². The molecule has 4 heteroatoms. The largest absolute Gasteiger partial charge is 0.339 e. The molecular formula is C13H17FN2O. The van der Waals surface area contributed by atoms with Crippen molar-refractivity contribution >= 4 is 5.91 Å². The number of likely N-dealkylation sites (tertiary alicyclic amines) is 1. The Kier molecular flexibility index (Phi) is 3.71. The minimum atomic E-state index is -0.533. The lowest BCUT2D eigenvalue weighted by atomic mass is 10.0. The van der Waals surface area contributed by atoms with E-state index in [1.807, 2.05) is 0 Å². The van der Waals surface area contributed by atoms with Gasteiger partial charge in [0.2, 0.25) is 0 Å². The molecule has 2 rings (SSSR count). The molecule has 0 spiro atoms. The van der Waals surface area contributed by atoms with Gasteiger partial charge < -0.3 is 4.90 Å². The lowest BCUT2D eigenvalue weighted by Gasteiger charge is -2.20. The van der Waals surface area contributed by atoms with Gasteiger partial charge in [-0.2, -0.15) is 0 Å². The number of hydrogen-bond acceptors (Lipinski definition) is 2. The number of aromatic nitrogens is 1. The van der Waals surface area contributed by atoms with E-state index in [-0.39, 0.29) is 11.5 Å². The van der Waals surface area contributed by atoms with Crippen molar-refractivity contribution in [3.63, 3.8) is 0 Å². The minimum absolute atomic E-state index is 0.134. The first-order valence-electron chi connectivity index (χ1n) is 6.07. The van der Waals surface area contributed by atoms with Crippen LogP contribution >= 0.6 is 0 Å². The molecule has 1 aliphatic rings. The zero-order valence-electron chi connectivity index (χ0n) is 10.0. The summed E-state index contributed by atoms with van der Waals surface area (Å²) in [5.41, 5.74) is 0.134. The molecule has 2 heterocycles. The molecule has 17 heavy (non-hydrogen) atoms. The summed E-state index contributed by atoms with van der Waals surface area (Å²) < 4.78 is 13.5. The number of rotatable bonds is 1. The number of nitrogens with zero attached hydrogens (tertiary/aromatic N) is 2. The van der Waals surface area contributed by atoms with Gasteiger partial charge >= 0.3 is 0 Å². The topological polar surface area (TPSA) is 33.2 Å². The fraction of sp³-hybridized carbons (Fsp3) is 0.538. The highest BCUT2D eigenvalue weighted by Gasteiger charge is 2.21. The van der Waals surface area contributed by atoms with Crippen LogP contribution in [0.25, 0.3) is 0 Å². The summed E-state index contributed by atoms with van der Waals surface area (Å²) in [5.74, 6) is -0.0936. The normalized spacial score (nSPS) is 21.1. The molecule has 1 saturated heterocycles. The van der Waals surface area contributed by atoms with Crippen LogP contribution in [-0.2, 0) is 0 Å². The van der Waals surface area contributed by atoms with Gasteiger partial charge in [-0.05, 0) is 31.2 Å². The van der Waals surface area contributed by atoms with Crippen molar-refractivity contribution in [2.75, 3.05) is 13.1 Å². The van der Waals surface area contributed by atoms with E-state index in [0.29, 0.717) is 5.92 Å². The third kappa shape index (κ3) is 2.81. The Morgan fingerprint density at radius 2 is 2.29 bits per heavy atom. The van der Waals surface area contributed by atoms with Gasteiger partial charge in [-0.3, -0.25) is 9.78 Å². The molecule has 1 aromatic rings. The van der Waals surface area contributed by atoms with E-state index in [1.54, 1.807) is 4.90 Å². The van der Waals surface area contributed by atoms with Gasteiger partial charge in [0.1, 0.15) is 0 Å². The highest BCUT2D eigenvalue weighted by Crippen LogP contribution is 2.18. The molecule has 3 nitrogen and oxygen atoms in total. The number of hydrogen-bond donors (Lipinski definition) is 0. The van der Waals surface area contributed by atoms with Crippen LogP contribution in [0.15, 0.2) is 18.5 Å². The van der Waals surface area contributed by atoms with Crippen molar-refractivity contribution in [2.45, 2.75) is 26.2 Å². The molecule has 0 N–H and O–H groups in total. The maximum absolute atomic E-state index is 13.5. The van der Waals surface area contributed by atoms with Crippen molar-refractivity contribution in [2.24, 2.45) is 5.92 Å². The Morgan fingerprint density at radius 3 is 3.06 bits per heavy atom. The predicted molar refractivity (Wildman–Crippen MR) is 63.1 cm³/mol. The maximum Gasteiger partial charge on any atom is 0.256 e. The molecule has 92 valence electrons. The molecule has 0 bridgehead atoms. The van der Waals surface area contributed by atoms with E-state index in [0.717, 1.165) is 38.5 Å². The summed E-state index contributed by atoms with van der Waals surface area (Å²) in [6, 6.07) is 1.45. The van der Waals surface area contributed by atoms with Gasteiger partial charge in [0.15, 0.2) is 5.82 Å². The van der Waals surface area contributed by atoms with Crippen molar-refractivity contribution in [1.82, 2.24) is 9.88 Å². The average molecular weight is 236 g/mol. The fourth-order valence-corrected chi connectivity index (χ4v) is 2.19. The Balaban J connectivity index is 2.12. The van der Waals surface area contributed by atoms with Gasteiger partial charge in [0, 0.05) is 19.3 Å². The Labute approximate surface area is 101 Å². The zero-order chi connectivity index (χ0) is 12.3. The van der Waals surface area contributed by atoms with Crippen molar-refractivity contribution in [1.29, 1.82) is 0 Å². The number of amides is 1. The van der Waals surface area contributed by atoms with Crippen LogP contribution in [0.2, 0.25) is 0 Å². The van der Waals surface area contributed by atoms with Crippen molar-refractivity contribution in [3.05, 3.63) is 29.8 Å².